The molecule has 1 saturated heterocycles. The molecular weight excluding hydrogens is 446 g/mol. The molecule has 30 heavy (non-hydrogen) atoms. The van der Waals surface area contributed by atoms with Gasteiger partial charge in [0.2, 0.25) is 0 Å². The highest BCUT2D eigenvalue weighted by Crippen LogP contribution is 2.44. The van der Waals surface area contributed by atoms with Gasteiger partial charge in [0.1, 0.15) is 11.5 Å². The molecule has 0 aromatic heterocycles. The fraction of sp³-hybridized carbons (Fsp3) is 0.0833. The topological polar surface area (TPSA) is 66.8 Å². The number of ketones is 1. The van der Waals surface area contributed by atoms with Crippen molar-refractivity contribution in [1.29, 1.82) is 0 Å². The molecule has 5 nitrogen and oxygen atoms in total. The van der Waals surface area contributed by atoms with E-state index >= 15 is 0 Å². The van der Waals surface area contributed by atoms with Crippen molar-refractivity contribution in [3.63, 3.8) is 0 Å². The summed E-state index contributed by atoms with van der Waals surface area (Å²) in [5, 5.41) is 11.1. The van der Waals surface area contributed by atoms with E-state index in [-0.39, 0.29) is 11.3 Å². The van der Waals surface area contributed by atoms with Gasteiger partial charge in [-0.3, -0.25) is 14.5 Å². The average Bonchev–Trinajstić information content (AvgIpc) is 3.05. The van der Waals surface area contributed by atoms with E-state index < -0.39 is 17.7 Å². The van der Waals surface area contributed by atoms with Crippen LogP contribution in [0.4, 0.5) is 5.69 Å². The van der Waals surface area contributed by atoms with Gasteiger partial charge in [0.25, 0.3) is 11.7 Å². The molecule has 1 fully saturated rings. The molecule has 1 aliphatic heterocycles. The largest absolute Gasteiger partial charge is 0.507 e. The van der Waals surface area contributed by atoms with Gasteiger partial charge in [0.15, 0.2) is 0 Å². The number of nitrogens with zero attached hydrogens (tertiary/aromatic N) is 1. The molecule has 0 radical (unpaired) electrons. The molecule has 4 rings (SSSR count). The Balaban J connectivity index is 1.96. The monoisotopic (exact) mass is 463 g/mol. The lowest BCUT2D eigenvalue weighted by Gasteiger charge is -2.26. The number of aliphatic hydroxyl groups excluding tert-OH is 1. The van der Waals surface area contributed by atoms with Crippen molar-refractivity contribution in [3.05, 3.63) is 100 Å². The Morgan fingerprint density at radius 2 is 1.57 bits per heavy atom. The summed E-state index contributed by atoms with van der Waals surface area (Å²) in [5.74, 6) is -1.21. The molecule has 1 N–H and O–H groups in total. The van der Waals surface area contributed by atoms with E-state index in [4.69, 9.17) is 4.74 Å². The third-order valence-corrected chi connectivity index (χ3v) is 5.55. The molecule has 150 valence electrons. The molecular formula is C24H18BrNO4. The zero-order valence-electron chi connectivity index (χ0n) is 16.1. The van der Waals surface area contributed by atoms with Crippen molar-refractivity contribution in [3.8, 4) is 5.75 Å². The summed E-state index contributed by atoms with van der Waals surface area (Å²) in [6.07, 6.45) is 0. The molecule has 1 heterocycles. The summed E-state index contributed by atoms with van der Waals surface area (Å²) in [4.78, 5) is 27.6. The minimum Gasteiger partial charge on any atom is -0.507 e. The third-order valence-electron chi connectivity index (χ3n) is 5.02. The van der Waals surface area contributed by atoms with Crippen molar-refractivity contribution in [1.82, 2.24) is 0 Å². The maximum absolute atomic E-state index is 13.1. The average molecular weight is 464 g/mol. The minimum atomic E-state index is -0.786. The molecule has 0 bridgehead atoms. The van der Waals surface area contributed by atoms with E-state index in [9.17, 15) is 14.7 Å². The summed E-state index contributed by atoms with van der Waals surface area (Å²) in [6.45, 7) is 0. The van der Waals surface area contributed by atoms with E-state index in [0.717, 1.165) is 4.47 Å². The van der Waals surface area contributed by atoms with E-state index in [1.54, 1.807) is 48.5 Å². The first-order chi connectivity index (χ1) is 14.5. The Morgan fingerprint density at radius 3 is 2.23 bits per heavy atom. The first-order valence-electron chi connectivity index (χ1n) is 9.28. The number of ether oxygens (including phenoxy) is 1. The second kappa shape index (κ2) is 8.16. The van der Waals surface area contributed by atoms with Crippen LogP contribution >= 0.6 is 15.9 Å². The van der Waals surface area contributed by atoms with Gasteiger partial charge in [-0.1, -0.05) is 70.5 Å². The number of amides is 1. The van der Waals surface area contributed by atoms with Gasteiger partial charge in [0, 0.05) is 10.0 Å². The predicted molar refractivity (Wildman–Crippen MR) is 118 cm³/mol. The number of carbonyl (C=O) groups is 2. The van der Waals surface area contributed by atoms with E-state index in [0.29, 0.717) is 22.6 Å². The van der Waals surface area contributed by atoms with Gasteiger partial charge < -0.3 is 9.84 Å². The molecule has 0 aliphatic carbocycles. The van der Waals surface area contributed by atoms with Crippen molar-refractivity contribution in [2.75, 3.05) is 12.0 Å². The lowest BCUT2D eigenvalue weighted by atomic mass is 9.95. The molecule has 0 saturated carbocycles. The van der Waals surface area contributed by atoms with Crippen LogP contribution in [0.25, 0.3) is 5.76 Å². The van der Waals surface area contributed by atoms with Crippen molar-refractivity contribution in [2.24, 2.45) is 0 Å². The number of Topliss-reactive ketones (excluding diaryl/α,β-unsaturated/α-hetero) is 1. The second-order valence-corrected chi connectivity index (χ2v) is 7.67. The predicted octanol–water partition coefficient (Wildman–Crippen LogP) is 5.08. The number of anilines is 1. The Bertz CT molecular complexity index is 1140. The summed E-state index contributed by atoms with van der Waals surface area (Å²) in [7, 11) is 1.51. The van der Waals surface area contributed by atoms with Gasteiger partial charge in [-0.25, -0.2) is 0 Å². The summed E-state index contributed by atoms with van der Waals surface area (Å²) >= 11 is 3.36. The summed E-state index contributed by atoms with van der Waals surface area (Å²) < 4.78 is 6.27. The minimum absolute atomic E-state index is 0.0411. The Morgan fingerprint density at radius 1 is 0.933 bits per heavy atom. The highest BCUT2D eigenvalue weighted by Gasteiger charge is 2.47. The molecule has 6 heteroatoms. The van der Waals surface area contributed by atoms with Crippen LogP contribution < -0.4 is 9.64 Å². The van der Waals surface area contributed by atoms with Crippen LogP contribution in [0.15, 0.2) is 88.9 Å². The quantitative estimate of drug-likeness (QED) is 0.332. The molecule has 1 unspecified atom stereocenters. The van der Waals surface area contributed by atoms with E-state index in [1.165, 1.54) is 12.0 Å². The number of para-hydroxylation sites is 2. The third kappa shape index (κ3) is 3.39. The van der Waals surface area contributed by atoms with Crippen molar-refractivity contribution in [2.45, 2.75) is 6.04 Å². The Labute approximate surface area is 182 Å². The number of methoxy groups -OCH3 is 1. The Hall–Kier alpha value is -3.38. The number of hydrogen-bond acceptors (Lipinski definition) is 4. The first kappa shape index (κ1) is 19.9. The molecule has 1 amide bonds. The first-order valence-corrected chi connectivity index (χ1v) is 10.1. The smallest absolute Gasteiger partial charge is 0.300 e. The van der Waals surface area contributed by atoms with Gasteiger partial charge in [-0.2, -0.15) is 0 Å². The van der Waals surface area contributed by atoms with Crippen LogP contribution in [-0.4, -0.2) is 23.9 Å². The van der Waals surface area contributed by atoms with Gasteiger partial charge in [-0.05, 0) is 29.8 Å². The van der Waals surface area contributed by atoms with Crippen LogP contribution in [0, 0.1) is 0 Å². The Kier molecular flexibility index (Phi) is 5.42. The zero-order valence-corrected chi connectivity index (χ0v) is 17.7. The fourth-order valence-corrected chi connectivity index (χ4v) is 3.89. The highest BCUT2D eigenvalue weighted by atomic mass is 79.9. The molecule has 0 spiro atoms. The van der Waals surface area contributed by atoms with Crippen molar-refractivity contribution < 1.29 is 19.4 Å². The number of rotatable bonds is 4. The van der Waals surface area contributed by atoms with Crippen LogP contribution in [-0.2, 0) is 9.59 Å². The second-order valence-electron chi connectivity index (χ2n) is 6.76. The highest BCUT2D eigenvalue weighted by molar-refractivity contribution is 9.10. The lowest BCUT2D eigenvalue weighted by Crippen LogP contribution is -2.29. The summed E-state index contributed by atoms with van der Waals surface area (Å²) in [5.41, 5.74) is 1.67. The van der Waals surface area contributed by atoms with E-state index in [1.807, 2.05) is 30.3 Å². The molecule has 3 aromatic rings. The van der Waals surface area contributed by atoms with E-state index in [2.05, 4.69) is 15.9 Å². The maximum atomic E-state index is 13.1. The SMILES string of the molecule is COc1ccccc1N1C(=O)C(=O)/C(=C(/O)c2ccc(Br)cc2)C1c1ccccc1. The van der Waals surface area contributed by atoms with Gasteiger partial charge in [-0.15, -0.1) is 0 Å². The van der Waals surface area contributed by atoms with Crippen LogP contribution in [0.5, 0.6) is 5.75 Å². The molecule has 1 aliphatic rings. The van der Waals surface area contributed by atoms with Crippen molar-refractivity contribution >= 4 is 39.1 Å². The zero-order chi connectivity index (χ0) is 21.3. The number of benzene rings is 3. The number of aliphatic hydroxyl groups is 1. The lowest BCUT2D eigenvalue weighted by molar-refractivity contribution is -0.132. The number of carbonyl (C=O) groups excluding carboxylic acids is 2. The maximum Gasteiger partial charge on any atom is 0.300 e. The van der Waals surface area contributed by atoms with Crippen LogP contribution in [0.2, 0.25) is 0 Å². The van der Waals surface area contributed by atoms with Gasteiger partial charge >= 0.3 is 0 Å². The summed E-state index contributed by atoms with van der Waals surface area (Å²) in [6, 6.07) is 22.3. The van der Waals surface area contributed by atoms with Crippen LogP contribution in [0.1, 0.15) is 17.2 Å². The standard InChI is InChI=1S/C24H18BrNO4/c1-30-19-10-6-5-9-18(19)26-21(15-7-3-2-4-8-15)20(23(28)24(26)29)22(27)16-11-13-17(25)14-12-16/h2-14,21,27H,1H3/b22-20+. The number of hydrogen-bond donors (Lipinski definition) is 1. The van der Waals surface area contributed by atoms with Crippen LogP contribution in [0.3, 0.4) is 0 Å². The number of halogens is 1. The molecule has 1 atom stereocenters. The molecule has 3 aromatic carbocycles. The van der Waals surface area contributed by atoms with Gasteiger partial charge in [0.05, 0.1) is 24.4 Å². The normalized spacial score (nSPS) is 17.9. The fourth-order valence-electron chi connectivity index (χ4n) is 3.62.